The van der Waals surface area contributed by atoms with Gasteiger partial charge in [-0.3, -0.25) is 9.79 Å². The van der Waals surface area contributed by atoms with Crippen LogP contribution >= 0.6 is 0 Å². The van der Waals surface area contributed by atoms with Crippen molar-refractivity contribution in [3.63, 3.8) is 0 Å². The Hall–Kier alpha value is -2.62. The molecule has 0 saturated heterocycles. The number of hydrogen-bond donors (Lipinski definition) is 0. The van der Waals surface area contributed by atoms with Crippen LogP contribution in [0, 0.1) is 5.41 Å². The maximum atomic E-state index is 13.2. The fourth-order valence-electron chi connectivity index (χ4n) is 3.46. The lowest BCUT2D eigenvalue weighted by Crippen LogP contribution is -2.30. The zero-order valence-electron chi connectivity index (χ0n) is 21.8. The van der Waals surface area contributed by atoms with E-state index in [1.165, 1.54) is 5.57 Å². The third-order valence-electron chi connectivity index (χ3n) is 5.42. The molecule has 0 spiro atoms. The Morgan fingerprint density at radius 2 is 1.78 bits per heavy atom. The van der Waals surface area contributed by atoms with E-state index in [0.29, 0.717) is 31.0 Å². The highest BCUT2D eigenvalue weighted by Gasteiger charge is 2.31. The molecule has 1 aliphatic rings. The lowest BCUT2D eigenvalue weighted by molar-refractivity contribution is -0.125. The molecule has 4 heteroatoms. The van der Waals surface area contributed by atoms with Gasteiger partial charge in [0.2, 0.25) is 0 Å². The molecule has 0 N–H and O–H groups in total. The summed E-state index contributed by atoms with van der Waals surface area (Å²) in [6.45, 7) is 24.2. The maximum Gasteiger partial charge on any atom is 0.258 e. The highest BCUT2D eigenvalue weighted by Crippen LogP contribution is 2.28. The molecule has 176 valence electrons. The van der Waals surface area contributed by atoms with Crippen molar-refractivity contribution in [3.05, 3.63) is 70.1 Å². The predicted molar refractivity (Wildman–Crippen MR) is 138 cm³/mol. The molecule has 1 amide bonds. The summed E-state index contributed by atoms with van der Waals surface area (Å²) in [5.74, 6) is 0.463. The molecule has 0 aromatic heterocycles. The summed E-state index contributed by atoms with van der Waals surface area (Å²) in [5, 5.41) is 0. The van der Waals surface area contributed by atoms with Crippen molar-refractivity contribution in [1.29, 1.82) is 0 Å². The summed E-state index contributed by atoms with van der Waals surface area (Å²) in [6, 6.07) is 0. The van der Waals surface area contributed by atoms with E-state index >= 15 is 0 Å². The van der Waals surface area contributed by atoms with E-state index in [1.54, 1.807) is 0 Å². The summed E-state index contributed by atoms with van der Waals surface area (Å²) in [7, 11) is 1.81. The van der Waals surface area contributed by atoms with Crippen LogP contribution in [0.1, 0.15) is 62.3 Å². The van der Waals surface area contributed by atoms with Crippen LogP contribution in [0.2, 0.25) is 0 Å². The Labute approximate surface area is 195 Å². The smallest absolute Gasteiger partial charge is 0.258 e. The standard InChI is InChI=1S/C28H42N2O2/c1-12-23(25(13-2)21(6)29-11)14-15-24(19(3)4)17-30-16-20(5)26(27(30)31)22(7)32-18-28(8,9)10/h12-15H,7,16-18H2,1-6,8-11H3/b15-14-,23-12+,25-13+,29-21-. The van der Waals surface area contributed by atoms with Crippen LogP contribution in [0.25, 0.3) is 0 Å². The van der Waals surface area contributed by atoms with Gasteiger partial charge in [0.25, 0.3) is 5.91 Å². The first-order valence-corrected chi connectivity index (χ1v) is 11.3. The normalized spacial score (nSPS) is 16.4. The third kappa shape index (κ3) is 7.51. The summed E-state index contributed by atoms with van der Waals surface area (Å²) in [5.41, 5.74) is 7.16. The number of allylic oxidation sites excluding steroid dienone is 6. The largest absolute Gasteiger partial charge is 0.493 e. The van der Waals surface area contributed by atoms with Gasteiger partial charge in [0.15, 0.2) is 0 Å². The SMILES string of the molecule is C=C(OCC(C)(C)C)C1=C(C)CN(CC(\C=C/C(=C\C)C(=C/C)/C(C)=N\C)=C(C)C)C1=O. The van der Waals surface area contributed by atoms with Crippen LogP contribution in [0.4, 0.5) is 0 Å². The Morgan fingerprint density at radius 3 is 2.25 bits per heavy atom. The molecule has 0 bridgehead atoms. The summed E-state index contributed by atoms with van der Waals surface area (Å²) in [6.07, 6.45) is 8.39. The van der Waals surface area contributed by atoms with E-state index in [2.05, 4.69) is 70.5 Å². The molecular formula is C28H42N2O2. The number of carbonyl (C=O) groups excluding carboxylic acids is 1. The van der Waals surface area contributed by atoms with Gasteiger partial charge in [0.1, 0.15) is 5.76 Å². The second-order valence-corrected chi connectivity index (χ2v) is 9.70. The van der Waals surface area contributed by atoms with Crippen molar-refractivity contribution in [2.75, 3.05) is 26.7 Å². The molecule has 1 heterocycles. The van der Waals surface area contributed by atoms with Crippen LogP contribution in [0.3, 0.4) is 0 Å². The monoisotopic (exact) mass is 438 g/mol. The number of carbonyl (C=O) groups is 1. The zero-order valence-corrected chi connectivity index (χ0v) is 21.8. The number of amides is 1. The van der Waals surface area contributed by atoms with Gasteiger partial charge in [0, 0.05) is 25.8 Å². The third-order valence-corrected chi connectivity index (χ3v) is 5.42. The topological polar surface area (TPSA) is 41.9 Å². The first kappa shape index (κ1) is 27.4. The van der Waals surface area contributed by atoms with Crippen LogP contribution in [0.5, 0.6) is 0 Å². The number of hydrogen-bond acceptors (Lipinski definition) is 3. The maximum absolute atomic E-state index is 13.2. The van der Waals surface area contributed by atoms with E-state index < -0.39 is 0 Å². The second-order valence-electron chi connectivity index (χ2n) is 9.70. The summed E-state index contributed by atoms with van der Waals surface area (Å²) < 4.78 is 5.85. The molecule has 4 nitrogen and oxygen atoms in total. The Morgan fingerprint density at radius 1 is 1.16 bits per heavy atom. The van der Waals surface area contributed by atoms with E-state index in [0.717, 1.165) is 28.0 Å². The zero-order chi connectivity index (χ0) is 24.6. The van der Waals surface area contributed by atoms with E-state index in [1.807, 2.05) is 39.6 Å². The molecule has 32 heavy (non-hydrogen) atoms. The van der Waals surface area contributed by atoms with Gasteiger partial charge in [-0.15, -0.1) is 0 Å². The molecule has 0 saturated carbocycles. The molecule has 0 fully saturated rings. The Balaban J connectivity index is 3.02. The molecular weight excluding hydrogens is 396 g/mol. The lowest BCUT2D eigenvalue weighted by Gasteiger charge is -2.21. The van der Waals surface area contributed by atoms with Crippen molar-refractivity contribution in [1.82, 2.24) is 4.90 Å². The average molecular weight is 439 g/mol. The van der Waals surface area contributed by atoms with Gasteiger partial charge < -0.3 is 9.64 Å². The summed E-state index contributed by atoms with van der Waals surface area (Å²) >= 11 is 0. The van der Waals surface area contributed by atoms with Gasteiger partial charge in [-0.1, -0.05) is 57.2 Å². The first-order valence-electron chi connectivity index (χ1n) is 11.3. The highest BCUT2D eigenvalue weighted by molar-refractivity contribution is 6.02. The van der Waals surface area contributed by atoms with E-state index in [-0.39, 0.29) is 11.3 Å². The van der Waals surface area contributed by atoms with Gasteiger partial charge in [0.05, 0.1) is 12.2 Å². The minimum Gasteiger partial charge on any atom is -0.493 e. The van der Waals surface area contributed by atoms with Crippen LogP contribution < -0.4 is 0 Å². The van der Waals surface area contributed by atoms with Gasteiger partial charge in [-0.2, -0.15) is 0 Å². The first-order chi connectivity index (χ1) is 14.9. The molecule has 0 aromatic rings. The molecule has 0 atom stereocenters. The van der Waals surface area contributed by atoms with E-state index in [4.69, 9.17) is 4.74 Å². The van der Waals surface area contributed by atoms with Crippen LogP contribution in [-0.4, -0.2) is 43.3 Å². The number of ether oxygens (including phenoxy) is 1. The molecule has 0 aliphatic carbocycles. The minimum absolute atomic E-state index is 0.00982. The van der Waals surface area contributed by atoms with Crippen molar-refractivity contribution in [2.24, 2.45) is 10.4 Å². The second kappa shape index (κ2) is 11.8. The van der Waals surface area contributed by atoms with Crippen molar-refractivity contribution in [3.8, 4) is 0 Å². The van der Waals surface area contributed by atoms with Crippen LogP contribution in [0.15, 0.2) is 75.1 Å². The quantitative estimate of drug-likeness (QED) is 0.231. The predicted octanol–water partition coefficient (Wildman–Crippen LogP) is 6.60. The lowest BCUT2D eigenvalue weighted by atomic mass is 9.98. The van der Waals surface area contributed by atoms with Gasteiger partial charge >= 0.3 is 0 Å². The summed E-state index contributed by atoms with van der Waals surface area (Å²) in [4.78, 5) is 19.4. The van der Waals surface area contributed by atoms with Crippen molar-refractivity contribution < 1.29 is 9.53 Å². The van der Waals surface area contributed by atoms with Gasteiger partial charge in [-0.05, 0) is 69.2 Å². The molecule has 1 aliphatic heterocycles. The van der Waals surface area contributed by atoms with Crippen molar-refractivity contribution in [2.45, 2.75) is 62.3 Å². The number of nitrogens with zero attached hydrogens (tertiary/aromatic N) is 2. The number of rotatable bonds is 9. The van der Waals surface area contributed by atoms with E-state index in [9.17, 15) is 4.79 Å². The fourth-order valence-corrected chi connectivity index (χ4v) is 3.46. The molecule has 1 rings (SSSR count). The van der Waals surface area contributed by atoms with Gasteiger partial charge in [-0.25, -0.2) is 0 Å². The molecule has 0 radical (unpaired) electrons. The molecule has 0 unspecified atom stereocenters. The molecule has 0 aromatic carbocycles. The highest BCUT2D eigenvalue weighted by atomic mass is 16.5. The van der Waals surface area contributed by atoms with Crippen molar-refractivity contribution >= 4 is 11.6 Å². The fraction of sp³-hybridized carbons (Fsp3) is 0.500. The number of aliphatic imine (C=N–C) groups is 1. The average Bonchev–Trinajstić information content (AvgIpc) is 2.99. The Bertz CT molecular complexity index is 912. The van der Waals surface area contributed by atoms with Crippen LogP contribution in [-0.2, 0) is 9.53 Å². The Kier molecular flexibility index (Phi) is 10.1. The minimum atomic E-state index is -0.0112.